The number of aliphatic hydroxyl groups is 1. The van der Waals surface area contributed by atoms with Crippen LogP contribution in [-0.2, 0) is 7.05 Å². The Balaban J connectivity index is 1.63. The van der Waals surface area contributed by atoms with Gasteiger partial charge in [0.15, 0.2) is 5.82 Å². The summed E-state index contributed by atoms with van der Waals surface area (Å²) in [5.74, 6) is 1.85. The molecule has 0 aliphatic carbocycles. The number of fused-ring (bicyclic) bond motifs is 1. The van der Waals surface area contributed by atoms with Crippen LogP contribution in [0, 0.1) is 13.8 Å². The maximum Gasteiger partial charge on any atom is 0.213 e. The van der Waals surface area contributed by atoms with Crippen molar-refractivity contribution in [3.05, 3.63) is 41.3 Å². The third kappa shape index (κ3) is 4.30. The lowest BCUT2D eigenvalue weighted by molar-refractivity contribution is 0.210. The Hall–Kier alpha value is -3.24. The molecule has 0 fully saturated rings. The molecule has 0 bridgehead atoms. The van der Waals surface area contributed by atoms with Crippen LogP contribution in [0.1, 0.15) is 10.4 Å². The van der Waals surface area contributed by atoms with E-state index >= 15 is 0 Å². The van der Waals surface area contributed by atoms with E-state index in [1.807, 2.05) is 35.8 Å². The minimum Gasteiger partial charge on any atom is -0.481 e. The molecule has 2 N–H and O–H groups in total. The van der Waals surface area contributed by atoms with Gasteiger partial charge in [-0.15, -0.1) is 11.3 Å². The Kier molecular flexibility index (Phi) is 5.75. The predicted octanol–water partition coefficient (Wildman–Crippen LogP) is 2.98. The van der Waals surface area contributed by atoms with Gasteiger partial charge in [0.05, 0.1) is 37.3 Å². The monoisotopic (exact) mass is 439 g/mol. The van der Waals surface area contributed by atoms with E-state index in [9.17, 15) is 5.11 Å². The molecular formula is C21H25N7O2S. The maximum absolute atomic E-state index is 10.6. The van der Waals surface area contributed by atoms with Crippen molar-refractivity contribution < 1.29 is 9.84 Å². The normalized spacial score (nSPS) is 12.2. The third-order valence-corrected chi connectivity index (χ3v) is 6.13. The molecule has 0 spiro atoms. The standard InChI is InChI=1S/C21H25N7O2S/c1-12-13(2)31-21-18(12)20(25-19(26-21)15-9-27(3)11-23-15)28(4)10-16(29)24-14-6-7-17(30-5)22-8-14/h6-9,11,16,24,29H,10H2,1-5H3. The first-order chi connectivity index (χ1) is 14.9. The highest BCUT2D eigenvalue weighted by Crippen LogP contribution is 2.36. The molecule has 162 valence electrons. The molecule has 1 atom stereocenters. The lowest BCUT2D eigenvalue weighted by Gasteiger charge is -2.24. The fraction of sp³-hybridized carbons (Fsp3) is 0.333. The lowest BCUT2D eigenvalue weighted by atomic mass is 10.2. The molecule has 1 unspecified atom stereocenters. The molecule has 0 aliphatic rings. The summed E-state index contributed by atoms with van der Waals surface area (Å²) >= 11 is 1.64. The largest absolute Gasteiger partial charge is 0.481 e. The topological polar surface area (TPSA) is 101 Å². The van der Waals surface area contributed by atoms with Crippen LogP contribution < -0.4 is 15.0 Å². The summed E-state index contributed by atoms with van der Waals surface area (Å²) in [6.45, 7) is 4.47. The number of ether oxygens (including phenoxy) is 1. The first kappa shape index (κ1) is 21.0. The van der Waals surface area contributed by atoms with E-state index in [2.05, 4.69) is 29.1 Å². The summed E-state index contributed by atoms with van der Waals surface area (Å²) in [4.78, 5) is 22.2. The van der Waals surface area contributed by atoms with Crippen molar-refractivity contribution in [2.45, 2.75) is 20.1 Å². The quantitative estimate of drug-likeness (QED) is 0.424. The van der Waals surface area contributed by atoms with Gasteiger partial charge in [0, 0.05) is 31.2 Å². The van der Waals surface area contributed by atoms with Crippen LogP contribution in [0.3, 0.4) is 0 Å². The summed E-state index contributed by atoms with van der Waals surface area (Å²) < 4.78 is 6.94. The number of hydrogen-bond acceptors (Lipinski definition) is 9. The number of nitrogens with one attached hydrogen (secondary N) is 1. The number of nitrogens with zero attached hydrogens (tertiary/aromatic N) is 6. The van der Waals surface area contributed by atoms with Crippen molar-refractivity contribution in [2.24, 2.45) is 7.05 Å². The van der Waals surface area contributed by atoms with E-state index in [0.29, 0.717) is 29.6 Å². The van der Waals surface area contributed by atoms with Gasteiger partial charge in [-0.2, -0.15) is 0 Å². The van der Waals surface area contributed by atoms with Crippen LogP contribution in [0.5, 0.6) is 5.88 Å². The van der Waals surface area contributed by atoms with Gasteiger partial charge in [-0.25, -0.2) is 19.9 Å². The van der Waals surface area contributed by atoms with Gasteiger partial charge >= 0.3 is 0 Å². The molecule has 0 aliphatic heterocycles. The zero-order valence-corrected chi connectivity index (χ0v) is 18.9. The molecule has 4 heterocycles. The molecule has 9 nitrogen and oxygen atoms in total. The number of thiophene rings is 1. The number of imidazole rings is 1. The van der Waals surface area contributed by atoms with Crippen molar-refractivity contribution >= 4 is 33.1 Å². The number of likely N-dealkylation sites (N-methyl/N-ethyl adjacent to an activating group) is 1. The van der Waals surface area contributed by atoms with Gasteiger partial charge in [-0.3, -0.25) is 0 Å². The number of rotatable bonds is 7. The van der Waals surface area contributed by atoms with Gasteiger partial charge in [-0.1, -0.05) is 0 Å². The van der Waals surface area contributed by atoms with Gasteiger partial charge in [-0.05, 0) is 25.5 Å². The molecule has 0 radical (unpaired) electrons. The maximum atomic E-state index is 10.6. The Labute approximate surface area is 184 Å². The fourth-order valence-corrected chi connectivity index (χ4v) is 4.34. The van der Waals surface area contributed by atoms with Gasteiger partial charge < -0.3 is 24.6 Å². The Bertz CT molecular complexity index is 1200. The Morgan fingerprint density at radius 3 is 2.71 bits per heavy atom. The molecule has 0 saturated carbocycles. The number of methoxy groups -OCH3 is 1. The third-order valence-electron chi connectivity index (χ3n) is 5.03. The number of aryl methyl sites for hydroxylation is 3. The molecule has 4 aromatic heterocycles. The molecule has 31 heavy (non-hydrogen) atoms. The molecule has 0 saturated heterocycles. The van der Waals surface area contributed by atoms with Crippen molar-refractivity contribution in [1.29, 1.82) is 0 Å². The van der Waals surface area contributed by atoms with Crippen LogP contribution in [0.2, 0.25) is 0 Å². The molecule has 10 heteroatoms. The second-order valence-electron chi connectivity index (χ2n) is 7.39. The van der Waals surface area contributed by atoms with Crippen LogP contribution in [0.25, 0.3) is 21.7 Å². The first-order valence-electron chi connectivity index (χ1n) is 9.77. The molecule has 4 aromatic rings. The van der Waals surface area contributed by atoms with Gasteiger partial charge in [0.1, 0.15) is 22.6 Å². The van der Waals surface area contributed by atoms with Crippen LogP contribution in [-0.4, -0.2) is 56.5 Å². The van der Waals surface area contributed by atoms with Crippen LogP contribution in [0.15, 0.2) is 30.9 Å². The van der Waals surface area contributed by atoms with Crippen molar-refractivity contribution in [3.63, 3.8) is 0 Å². The summed E-state index contributed by atoms with van der Waals surface area (Å²) in [6, 6.07) is 3.55. The van der Waals surface area contributed by atoms with Crippen LogP contribution in [0.4, 0.5) is 11.5 Å². The summed E-state index contributed by atoms with van der Waals surface area (Å²) in [5.41, 5.74) is 2.56. The lowest BCUT2D eigenvalue weighted by Crippen LogP contribution is -2.35. The number of hydrogen-bond donors (Lipinski definition) is 2. The Morgan fingerprint density at radius 1 is 1.26 bits per heavy atom. The second-order valence-corrected chi connectivity index (χ2v) is 8.59. The zero-order valence-electron chi connectivity index (χ0n) is 18.1. The van der Waals surface area contributed by atoms with Gasteiger partial charge in [0.2, 0.25) is 5.88 Å². The molecule has 4 rings (SSSR count). The molecule has 0 aromatic carbocycles. The fourth-order valence-electron chi connectivity index (χ4n) is 3.32. The van der Waals surface area contributed by atoms with E-state index in [-0.39, 0.29) is 0 Å². The van der Waals surface area contributed by atoms with Crippen molar-refractivity contribution in [2.75, 3.05) is 30.9 Å². The number of pyridine rings is 1. The average molecular weight is 440 g/mol. The number of aliphatic hydroxyl groups excluding tert-OH is 1. The van der Waals surface area contributed by atoms with Gasteiger partial charge in [0.25, 0.3) is 0 Å². The zero-order chi connectivity index (χ0) is 22.1. The van der Waals surface area contributed by atoms with E-state index < -0.39 is 6.23 Å². The van der Waals surface area contributed by atoms with Crippen molar-refractivity contribution in [1.82, 2.24) is 24.5 Å². The van der Waals surface area contributed by atoms with Crippen LogP contribution >= 0.6 is 11.3 Å². The van der Waals surface area contributed by atoms with Crippen molar-refractivity contribution in [3.8, 4) is 17.4 Å². The Morgan fingerprint density at radius 2 is 2.06 bits per heavy atom. The van der Waals surface area contributed by atoms with E-state index in [1.54, 1.807) is 37.0 Å². The SMILES string of the molecule is COc1ccc(NC(O)CN(C)c2nc(-c3cn(C)cn3)nc3sc(C)c(C)c23)cn1. The summed E-state index contributed by atoms with van der Waals surface area (Å²) in [7, 11) is 5.39. The average Bonchev–Trinajstić information content (AvgIpc) is 3.30. The number of anilines is 2. The highest BCUT2D eigenvalue weighted by Gasteiger charge is 2.20. The molecular weight excluding hydrogens is 414 g/mol. The molecule has 0 amide bonds. The van der Waals surface area contributed by atoms with E-state index in [0.717, 1.165) is 21.6 Å². The number of aromatic nitrogens is 5. The predicted molar refractivity (Wildman–Crippen MR) is 123 cm³/mol. The minimum absolute atomic E-state index is 0.314. The summed E-state index contributed by atoms with van der Waals surface area (Å²) in [6.07, 6.45) is 4.42. The highest BCUT2D eigenvalue weighted by atomic mass is 32.1. The highest BCUT2D eigenvalue weighted by molar-refractivity contribution is 7.18. The van der Waals surface area contributed by atoms with E-state index in [1.165, 1.54) is 4.88 Å². The minimum atomic E-state index is -0.830. The first-order valence-corrected chi connectivity index (χ1v) is 10.6. The van der Waals surface area contributed by atoms with E-state index in [4.69, 9.17) is 14.7 Å². The second kappa shape index (κ2) is 8.48. The smallest absolute Gasteiger partial charge is 0.213 e. The summed E-state index contributed by atoms with van der Waals surface area (Å²) in [5, 5.41) is 14.7.